The van der Waals surface area contributed by atoms with Crippen LogP contribution < -0.4 is 5.73 Å². The Balaban J connectivity index is 2.88. The molecule has 0 saturated heterocycles. The first-order chi connectivity index (χ1) is 5.72. The molecule has 3 heteroatoms. The van der Waals surface area contributed by atoms with E-state index in [-0.39, 0.29) is 12.3 Å². The number of pyridine rings is 1. The lowest BCUT2D eigenvalue weighted by Gasteiger charge is -1.96. The van der Waals surface area contributed by atoms with Gasteiger partial charge in [-0.1, -0.05) is 5.92 Å². The highest BCUT2D eigenvalue weighted by atomic mass is 16.1. The van der Waals surface area contributed by atoms with E-state index in [1.807, 2.05) is 0 Å². The number of nitrogens with two attached hydrogens (primary N) is 1. The minimum Gasteiger partial charge on any atom is -0.369 e. The van der Waals surface area contributed by atoms with E-state index in [0.717, 1.165) is 5.56 Å². The Morgan fingerprint density at radius 1 is 1.67 bits per heavy atom. The van der Waals surface area contributed by atoms with Gasteiger partial charge < -0.3 is 5.73 Å². The zero-order chi connectivity index (χ0) is 8.97. The molecule has 0 unspecified atom stereocenters. The van der Waals surface area contributed by atoms with Crippen LogP contribution in [0.5, 0.6) is 0 Å². The van der Waals surface area contributed by atoms with Gasteiger partial charge in [-0.05, 0) is 11.6 Å². The number of primary amides is 1. The summed E-state index contributed by atoms with van der Waals surface area (Å²) < 4.78 is 0. The van der Waals surface area contributed by atoms with Crippen LogP contribution in [0.15, 0.2) is 18.5 Å². The fourth-order valence-corrected chi connectivity index (χ4v) is 0.864. The average Bonchev–Trinajstić information content (AvgIpc) is 2.03. The maximum absolute atomic E-state index is 10.5. The number of hydrogen-bond donors (Lipinski definition) is 1. The van der Waals surface area contributed by atoms with Crippen molar-refractivity contribution in [3.8, 4) is 12.3 Å². The average molecular weight is 160 g/mol. The highest BCUT2D eigenvalue weighted by molar-refractivity contribution is 5.76. The normalized spacial score (nSPS) is 8.92. The Morgan fingerprint density at radius 2 is 2.42 bits per heavy atom. The van der Waals surface area contributed by atoms with E-state index in [0.29, 0.717) is 5.56 Å². The second-order valence-corrected chi connectivity index (χ2v) is 2.37. The summed E-state index contributed by atoms with van der Waals surface area (Å²) in [5.74, 6) is 2.04. The van der Waals surface area contributed by atoms with Gasteiger partial charge in [0.1, 0.15) is 0 Å². The highest BCUT2D eigenvalue weighted by Crippen LogP contribution is 2.01. The minimum absolute atomic E-state index is 0.183. The molecule has 0 aliphatic heterocycles. The van der Waals surface area contributed by atoms with Crippen molar-refractivity contribution in [3.05, 3.63) is 29.6 Å². The summed E-state index contributed by atoms with van der Waals surface area (Å²) >= 11 is 0. The van der Waals surface area contributed by atoms with E-state index < -0.39 is 0 Å². The summed E-state index contributed by atoms with van der Waals surface area (Å²) in [7, 11) is 0. The molecule has 0 aliphatic carbocycles. The van der Waals surface area contributed by atoms with Crippen molar-refractivity contribution >= 4 is 5.91 Å². The predicted molar refractivity (Wildman–Crippen MR) is 45.1 cm³/mol. The number of nitrogens with zero attached hydrogens (tertiary/aromatic N) is 1. The Bertz CT molecular complexity index is 339. The molecule has 1 aromatic heterocycles. The van der Waals surface area contributed by atoms with Crippen molar-refractivity contribution in [1.29, 1.82) is 0 Å². The number of hydrogen-bond acceptors (Lipinski definition) is 2. The summed E-state index contributed by atoms with van der Waals surface area (Å²) in [6.07, 6.45) is 8.46. The first kappa shape index (κ1) is 8.28. The highest BCUT2D eigenvalue weighted by Gasteiger charge is 1.98. The monoisotopic (exact) mass is 160 g/mol. The number of aromatic nitrogens is 1. The Hall–Kier alpha value is -1.82. The van der Waals surface area contributed by atoms with Crippen LogP contribution in [0, 0.1) is 12.3 Å². The molecule has 2 N–H and O–H groups in total. The van der Waals surface area contributed by atoms with Gasteiger partial charge in [0, 0.05) is 18.0 Å². The molecule has 3 nitrogen and oxygen atoms in total. The molecule has 0 radical (unpaired) electrons. The van der Waals surface area contributed by atoms with Gasteiger partial charge in [-0.25, -0.2) is 0 Å². The summed E-state index contributed by atoms with van der Waals surface area (Å²) in [4.78, 5) is 14.4. The van der Waals surface area contributed by atoms with Crippen molar-refractivity contribution in [1.82, 2.24) is 4.98 Å². The van der Waals surface area contributed by atoms with Gasteiger partial charge >= 0.3 is 0 Å². The second kappa shape index (κ2) is 3.54. The maximum Gasteiger partial charge on any atom is 0.221 e. The van der Waals surface area contributed by atoms with Crippen LogP contribution in [-0.4, -0.2) is 10.9 Å². The molecule has 1 heterocycles. The zero-order valence-electron chi connectivity index (χ0n) is 6.45. The van der Waals surface area contributed by atoms with E-state index in [2.05, 4.69) is 10.9 Å². The quantitative estimate of drug-likeness (QED) is 0.623. The molecule has 0 atom stereocenters. The molecule has 12 heavy (non-hydrogen) atoms. The summed E-state index contributed by atoms with van der Waals surface area (Å²) in [5, 5.41) is 0. The van der Waals surface area contributed by atoms with Crippen molar-refractivity contribution in [3.63, 3.8) is 0 Å². The van der Waals surface area contributed by atoms with Crippen molar-refractivity contribution in [2.24, 2.45) is 5.73 Å². The fraction of sp³-hybridized carbons (Fsp3) is 0.111. The topological polar surface area (TPSA) is 56.0 Å². The minimum atomic E-state index is -0.383. The predicted octanol–water partition coefficient (Wildman–Crippen LogP) is 0.0907. The molecule has 0 bridgehead atoms. The zero-order valence-corrected chi connectivity index (χ0v) is 6.45. The van der Waals surface area contributed by atoms with E-state index in [9.17, 15) is 4.79 Å². The first-order valence-electron chi connectivity index (χ1n) is 3.41. The van der Waals surface area contributed by atoms with Crippen LogP contribution in [-0.2, 0) is 11.2 Å². The molecule has 0 fully saturated rings. The number of carbonyl (C=O) groups is 1. The van der Waals surface area contributed by atoms with E-state index in [1.54, 1.807) is 18.5 Å². The van der Waals surface area contributed by atoms with Crippen molar-refractivity contribution in [2.75, 3.05) is 0 Å². The van der Waals surface area contributed by atoms with E-state index in [1.165, 1.54) is 0 Å². The molecule has 1 amide bonds. The summed E-state index contributed by atoms with van der Waals surface area (Å²) in [6, 6.07) is 1.72. The SMILES string of the molecule is C#Cc1cncc(CC(N)=O)c1. The molecule has 0 saturated carbocycles. The van der Waals surface area contributed by atoms with Crippen molar-refractivity contribution < 1.29 is 4.79 Å². The molecule has 0 aromatic carbocycles. The third kappa shape index (κ3) is 2.10. The molecule has 1 rings (SSSR count). The third-order valence-electron chi connectivity index (χ3n) is 1.34. The molecule has 0 aliphatic rings. The Morgan fingerprint density at radius 3 is 3.00 bits per heavy atom. The van der Waals surface area contributed by atoms with Crippen LogP contribution in [0.3, 0.4) is 0 Å². The van der Waals surface area contributed by atoms with Gasteiger partial charge in [0.25, 0.3) is 0 Å². The van der Waals surface area contributed by atoms with E-state index in [4.69, 9.17) is 12.2 Å². The summed E-state index contributed by atoms with van der Waals surface area (Å²) in [5.41, 5.74) is 6.41. The molecule has 0 spiro atoms. The van der Waals surface area contributed by atoms with Gasteiger partial charge in [0.15, 0.2) is 0 Å². The molecular weight excluding hydrogens is 152 g/mol. The standard InChI is InChI=1S/C9H8N2O/c1-2-7-3-8(4-9(10)12)6-11-5-7/h1,3,5-6H,4H2,(H2,10,12). The summed E-state index contributed by atoms with van der Waals surface area (Å²) in [6.45, 7) is 0. The van der Waals surface area contributed by atoms with Gasteiger partial charge in [-0.3, -0.25) is 9.78 Å². The van der Waals surface area contributed by atoms with Gasteiger partial charge in [0.05, 0.1) is 6.42 Å². The Labute approximate surface area is 70.6 Å². The van der Waals surface area contributed by atoms with Crippen LogP contribution in [0.4, 0.5) is 0 Å². The lowest BCUT2D eigenvalue weighted by molar-refractivity contribution is -0.117. The van der Waals surface area contributed by atoms with Crippen LogP contribution >= 0.6 is 0 Å². The van der Waals surface area contributed by atoms with E-state index >= 15 is 0 Å². The number of terminal acetylenes is 1. The van der Waals surface area contributed by atoms with Crippen LogP contribution in [0.25, 0.3) is 0 Å². The number of amides is 1. The lowest BCUT2D eigenvalue weighted by atomic mass is 10.1. The number of carbonyl (C=O) groups excluding carboxylic acids is 1. The first-order valence-corrected chi connectivity index (χ1v) is 3.41. The van der Waals surface area contributed by atoms with Crippen molar-refractivity contribution in [2.45, 2.75) is 6.42 Å². The van der Waals surface area contributed by atoms with Crippen LogP contribution in [0.2, 0.25) is 0 Å². The van der Waals surface area contributed by atoms with Gasteiger partial charge in [-0.15, -0.1) is 6.42 Å². The van der Waals surface area contributed by atoms with Crippen LogP contribution in [0.1, 0.15) is 11.1 Å². The largest absolute Gasteiger partial charge is 0.369 e. The maximum atomic E-state index is 10.5. The molecular formula is C9H8N2O. The smallest absolute Gasteiger partial charge is 0.221 e. The van der Waals surface area contributed by atoms with Gasteiger partial charge in [-0.2, -0.15) is 0 Å². The Kier molecular flexibility index (Phi) is 2.44. The second-order valence-electron chi connectivity index (χ2n) is 2.37. The molecule has 60 valence electrons. The fourth-order valence-electron chi connectivity index (χ4n) is 0.864. The van der Waals surface area contributed by atoms with Gasteiger partial charge in [0.2, 0.25) is 5.91 Å². The number of rotatable bonds is 2. The molecule has 1 aromatic rings. The third-order valence-corrected chi connectivity index (χ3v) is 1.34. The lowest BCUT2D eigenvalue weighted by Crippen LogP contribution is -2.13.